The van der Waals surface area contributed by atoms with Crippen molar-refractivity contribution in [1.29, 1.82) is 0 Å². The van der Waals surface area contributed by atoms with E-state index in [-0.39, 0.29) is 0 Å². The molecule has 0 amide bonds. The van der Waals surface area contributed by atoms with Crippen LogP contribution in [-0.2, 0) is 0 Å². The summed E-state index contributed by atoms with van der Waals surface area (Å²) in [6.45, 7) is 3.05. The Kier molecular flexibility index (Phi) is 4.09. The first-order chi connectivity index (χ1) is 7.76. The maximum atomic E-state index is 5.88. The molecule has 1 fully saturated rings. The first-order valence-corrected chi connectivity index (χ1v) is 6.98. The maximum absolute atomic E-state index is 5.88. The van der Waals surface area contributed by atoms with E-state index in [1.807, 2.05) is 6.07 Å². The molecule has 2 nitrogen and oxygen atoms in total. The van der Waals surface area contributed by atoms with Crippen molar-refractivity contribution in [3.63, 3.8) is 0 Å². The fourth-order valence-electron chi connectivity index (χ4n) is 2.86. The van der Waals surface area contributed by atoms with Gasteiger partial charge in [0.25, 0.3) is 0 Å². The normalized spacial score (nSPS) is 30.6. The van der Waals surface area contributed by atoms with E-state index in [0.29, 0.717) is 11.8 Å². The molecule has 1 heterocycles. The van der Waals surface area contributed by atoms with Crippen molar-refractivity contribution in [2.24, 2.45) is 17.6 Å². The second-order valence-corrected chi connectivity index (χ2v) is 5.68. The van der Waals surface area contributed by atoms with Crippen LogP contribution >= 0.6 is 15.9 Å². The zero-order chi connectivity index (χ0) is 11.5. The molecule has 1 aliphatic rings. The molecular formula is C13H20BrNO. The molecule has 0 aliphatic heterocycles. The SMILES string of the molecule is CCC1CCC(CN)C(c2occc2Br)C1. The van der Waals surface area contributed by atoms with Crippen LogP contribution < -0.4 is 5.73 Å². The number of rotatable bonds is 3. The lowest BCUT2D eigenvalue weighted by molar-refractivity contribution is 0.213. The minimum absolute atomic E-state index is 0.507. The highest BCUT2D eigenvalue weighted by molar-refractivity contribution is 9.10. The fourth-order valence-corrected chi connectivity index (χ4v) is 3.36. The van der Waals surface area contributed by atoms with Crippen molar-refractivity contribution < 1.29 is 4.42 Å². The quantitative estimate of drug-likeness (QED) is 0.915. The van der Waals surface area contributed by atoms with E-state index in [9.17, 15) is 0 Å². The van der Waals surface area contributed by atoms with Crippen molar-refractivity contribution in [2.75, 3.05) is 6.54 Å². The molecule has 3 atom stereocenters. The lowest BCUT2D eigenvalue weighted by atomic mass is 9.72. The first kappa shape index (κ1) is 12.2. The third kappa shape index (κ3) is 2.35. The Bertz CT molecular complexity index is 336. The second kappa shape index (κ2) is 5.37. The van der Waals surface area contributed by atoms with Crippen LogP contribution in [0.3, 0.4) is 0 Å². The number of furan rings is 1. The Balaban J connectivity index is 2.18. The van der Waals surface area contributed by atoms with E-state index in [0.717, 1.165) is 22.7 Å². The molecule has 3 heteroatoms. The molecule has 0 spiro atoms. The molecule has 0 aromatic carbocycles. The summed E-state index contributed by atoms with van der Waals surface area (Å²) in [6.07, 6.45) is 6.83. The molecule has 0 radical (unpaired) electrons. The lowest BCUT2D eigenvalue weighted by Gasteiger charge is -2.34. The van der Waals surface area contributed by atoms with Crippen molar-refractivity contribution in [3.05, 3.63) is 22.6 Å². The molecule has 1 aromatic rings. The predicted octanol–water partition coefficient (Wildman–Crippen LogP) is 3.91. The van der Waals surface area contributed by atoms with Gasteiger partial charge in [-0.1, -0.05) is 19.8 Å². The monoisotopic (exact) mass is 285 g/mol. The van der Waals surface area contributed by atoms with Crippen LogP contribution in [0.2, 0.25) is 0 Å². The Morgan fingerprint density at radius 2 is 2.31 bits per heavy atom. The molecular weight excluding hydrogens is 266 g/mol. The third-order valence-corrected chi connectivity index (χ3v) is 4.62. The van der Waals surface area contributed by atoms with Gasteiger partial charge in [0.1, 0.15) is 5.76 Å². The Morgan fingerprint density at radius 1 is 1.50 bits per heavy atom. The van der Waals surface area contributed by atoms with Gasteiger partial charge >= 0.3 is 0 Å². The topological polar surface area (TPSA) is 39.2 Å². The minimum atomic E-state index is 0.507. The van der Waals surface area contributed by atoms with E-state index in [1.54, 1.807) is 6.26 Å². The molecule has 0 bridgehead atoms. The molecule has 1 saturated carbocycles. The van der Waals surface area contributed by atoms with Gasteiger partial charge in [0.15, 0.2) is 0 Å². The molecule has 2 rings (SSSR count). The maximum Gasteiger partial charge on any atom is 0.121 e. The second-order valence-electron chi connectivity index (χ2n) is 4.82. The number of halogens is 1. The fraction of sp³-hybridized carbons (Fsp3) is 0.692. The van der Waals surface area contributed by atoms with Gasteiger partial charge in [-0.3, -0.25) is 0 Å². The van der Waals surface area contributed by atoms with Gasteiger partial charge in [-0.25, -0.2) is 0 Å². The van der Waals surface area contributed by atoms with Crippen molar-refractivity contribution in [1.82, 2.24) is 0 Å². The van der Waals surface area contributed by atoms with E-state index in [4.69, 9.17) is 10.2 Å². The summed E-state index contributed by atoms with van der Waals surface area (Å²) in [4.78, 5) is 0. The average Bonchev–Trinajstić information content (AvgIpc) is 2.74. The van der Waals surface area contributed by atoms with Gasteiger partial charge in [0.05, 0.1) is 10.7 Å². The van der Waals surface area contributed by atoms with E-state index in [1.165, 1.54) is 25.7 Å². The third-order valence-electron chi connectivity index (χ3n) is 3.96. The average molecular weight is 286 g/mol. The van der Waals surface area contributed by atoms with E-state index >= 15 is 0 Å². The van der Waals surface area contributed by atoms with E-state index in [2.05, 4.69) is 22.9 Å². The summed E-state index contributed by atoms with van der Waals surface area (Å²) in [7, 11) is 0. The smallest absolute Gasteiger partial charge is 0.121 e. The zero-order valence-electron chi connectivity index (χ0n) is 9.79. The molecule has 1 aromatic heterocycles. The standard InChI is InChI=1S/C13H20BrNO/c1-2-9-3-4-10(8-15)11(7-9)13-12(14)5-6-16-13/h5-6,9-11H,2-4,7-8,15H2,1H3. The van der Waals surface area contributed by atoms with Crippen LogP contribution in [0.4, 0.5) is 0 Å². The summed E-state index contributed by atoms with van der Waals surface area (Å²) in [5.74, 6) is 3.04. The van der Waals surface area contributed by atoms with Crippen LogP contribution in [-0.4, -0.2) is 6.54 Å². The molecule has 90 valence electrons. The van der Waals surface area contributed by atoms with E-state index < -0.39 is 0 Å². The summed E-state index contributed by atoms with van der Waals surface area (Å²) in [5.41, 5.74) is 5.88. The Labute approximate surface area is 106 Å². The summed E-state index contributed by atoms with van der Waals surface area (Å²) in [6, 6.07) is 1.98. The van der Waals surface area contributed by atoms with Gasteiger partial charge in [-0.05, 0) is 53.2 Å². The van der Waals surface area contributed by atoms with Gasteiger partial charge in [-0.15, -0.1) is 0 Å². The van der Waals surface area contributed by atoms with Gasteiger partial charge in [-0.2, -0.15) is 0 Å². The molecule has 1 aliphatic carbocycles. The van der Waals surface area contributed by atoms with Crippen LogP contribution in [0.15, 0.2) is 21.2 Å². The summed E-state index contributed by atoms with van der Waals surface area (Å²) < 4.78 is 6.73. The van der Waals surface area contributed by atoms with Crippen molar-refractivity contribution >= 4 is 15.9 Å². The largest absolute Gasteiger partial charge is 0.468 e. The minimum Gasteiger partial charge on any atom is -0.468 e. The number of nitrogens with two attached hydrogens (primary N) is 1. The molecule has 3 unspecified atom stereocenters. The molecule has 2 N–H and O–H groups in total. The Morgan fingerprint density at radius 3 is 2.88 bits per heavy atom. The van der Waals surface area contributed by atoms with Crippen LogP contribution in [0.1, 0.15) is 44.3 Å². The molecule has 16 heavy (non-hydrogen) atoms. The molecule has 0 saturated heterocycles. The highest BCUT2D eigenvalue weighted by atomic mass is 79.9. The van der Waals surface area contributed by atoms with Gasteiger partial charge in [0.2, 0.25) is 0 Å². The Hall–Kier alpha value is -0.280. The van der Waals surface area contributed by atoms with Gasteiger partial charge in [0, 0.05) is 5.92 Å². The highest BCUT2D eigenvalue weighted by Gasteiger charge is 2.32. The van der Waals surface area contributed by atoms with Crippen LogP contribution in [0.5, 0.6) is 0 Å². The van der Waals surface area contributed by atoms with Crippen molar-refractivity contribution in [2.45, 2.75) is 38.5 Å². The van der Waals surface area contributed by atoms with Gasteiger partial charge < -0.3 is 10.2 Å². The predicted molar refractivity (Wildman–Crippen MR) is 69.3 cm³/mol. The number of hydrogen-bond acceptors (Lipinski definition) is 2. The lowest BCUT2D eigenvalue weighted by Crippen LogP contribution is -2.28. The van der Waals surface area contributed by atoms with Crippen molar-refractivity contribution in [3.8, 4) is 0 Å². The van der Waals surface area contributed by atoms with Crippen LogP contribution in [0.25, 0.3) is 0 Å². The van der Waals surface area contributed by atoms with Crippen LogP contribution in [0, 0.1) is 11.8 Å². The highest BCUT2D eigenvalue weighted by Crippen LogP contribution is 2.43. The zero-order valence-corrected chi connectivity index (χ0v) is 11.4. The first-order valence-electron chi connectivity index (χ1n) is 6.19. The summed E-state index contributed by atoms with van der Waals surface area (Å²) in [5, 5.41) is 0. The summed E-state index contributed by atoms with van der Waals surface area (Å²) >= 11 is 3.57. The number of hydrogen-bond donors (Lipinski definition) is 1.